The standard InChI is InChI=1S/C22H24N2O5S/c25-21(15-5-4-6-18(13-15)30(26,27)24-16-7-8-16)23-17-9-10-19-20(14-17)29-22(28-19)11-2-1-3-12-22/h4-6,9-10,13-14,16,24H,1-3,7-8,11-12H2,(H,23,25). The van der Waals surface area contributed by atoms with E-state index in [-0.39, 0.29) is 22.4 Å². The minimum Gasteiger partial charge on any atom is -0.448 e. The Labute approximate surface area is 175 Å². The third kappa shape index (κ3) is 3.89. The van der Waals surface area contributed by atoms with Crippen LogP contribution in [0.2, 0.25) is 0 Å². The Bertz CT molecular complexity index is 1090. The molecule has 2 saturated carbocycles. The van der Waals surface area contributed by atoms with Gasteiger partial charge in [0.1, 0.15) is 0 Å². The molecule has 158 valence electrons. The van der Waals surface area contributed by atoms with E-state index in [0.717, 1.165) is 38.5 Å². The molecule has 1 aliphatic heterocycles. The van der Waals surface area contributed by atoms with Crippen molar-refractivity contribution in [3.63, 3.8) is 0 Å². The summed E-state index contributed by atoms with van der Waals surface area (Å²) in [6.07, 6.45) is 6.77. The third-order valence-electron chi connectivity index (χ3n) is 5.71. The van der Waals surface area contributed by atoms with Crippen LogP contribution < -0.4 is 19.5 Å². The van der Waals surface area contributed by atoms with Gasteiger partial charge in [-0.05, 0) is 56.0 Å². The van der Waals surface area contributed by atoms with E-state index in [4.69, 9.17) is 9.47 Å². The minimum atomic E-state index is -3.62. The van der Waals surface area contributed by atoms with E-state index >= 15 is 0 Å². The van der Waals surface area contributed by atoms with Crippen LogP contribution in [-0.4, -0.2) is 26.2 Å². The summed E-state index contributed by atoms with van der Waals surface area (Å²) in [6.45, 7) is 0. The van der Waals surface area contributed by atoms with Crippen molar-refractivity contribution in [2.45, 2.75) is 61.7 Å². The van der Waals surface area contributed by atoms with Gasteiger partial charge >= 0.3 is 0 Å². The second-order valence-corrected chi connectivity index (χ2v) is 9.93. The largest absolute Gasteiger partial charge is 0.448 e. The molecule has 2 aromatic rings. The summed E-state index contributed by atoms with van der Waals surface area (Å²) in [5, 5.41) is 2.82. The smallest absolute Gasteiger partial charge is 0.255 e. The second-order valence-electron chi connectivity index (χ2n) is 8.21. The number of amides is 1. The highest BCUT2D eigenvalue weighted by atomic mass is 32.2. The monoisotopic (exact) mass is 428 g/mol. The van der Waals surface area contributed by atoms with E-state index < -0.39 is 15.8 Å². The van der Waals surface area contributed by atoms with Crippen molar-refractivity contribution in [3.8, 4) is 11.5 Å². The molecular formula is C22H24N2O5S. The Morgan fingerprint density at radius 1 is 0.967 bits per heavy atom. The lowest BCUT2D eigenvalue weighted by atomic mass is 9.94. The van der Waals surface area contributed by atoms with Gasteiger partial charge in [-0.3, -0.25) is 4.79 Å². The maximum Gasteiger partial charge on any atom is 0.255 e. The SMILES string of the molecule is O=C(Nc1ccc2c(c1)OC1(CCCCC1)O2)c1cccc(S(=O)(=O)NC2CC2)c1. The van der Waals surface area contributed by atoms with Gasteiger partial charge in [0.05, 0.1) is 4.90 Å². The molecule has 2 fully saturated rings. The van der Waals surface area contributed by atoms with E-state index in [9.17, 15) is 13.2 Å². The number of carbonyl (C=O) groups excluding carboxylic acids is 1. The summed E-state index contributed by atoms with van der Waals surface area (Å²) in [7, 11) is -3.62. The summed E-state index contributed by atoms with van der Waals surface area (Å²) in [5.74, 6) is 0.360. The van der Waals surface area contributed by atoms with Crippen molar-refractivity contribution < 1.29 is 22.7 Å². The zero-order chi connectivity index (χ0) is 20.8. The zero-order valence-corrected chi connectivity index (χ0v) is 17.3. The Hall–Kier alpha value is -2.58. The van der Waals surface area contributed by atoms with E-state index in [1.54, 1.807) is 30.3 Å². The normalized spacial score (nSPS) is 19.6. The molecule has 1 amide bonds. The number of hydrogen-bond acceptors (Lipinski definition) is 5. The lowest BCUT2D eigenvalue weighted by Gasteiger charge is -2.31. The van der Waals surface area contributed by atoms with Crippen molar-refractivity contribution in [2.75, 3.05) is 5.32 Å². The average molecular weight is 429 g/mol. The average Bonchev–Trinajstić information content (AvgIpc) is 3.47. The molecule has 1 spiro atoms. The number of hydrogen-bond donors (Lipinski definition) is 2. The fourth-order valence-corrected chi connectivity index (χ4v) is 5.31. The fourth-order valence-electron chi connectivity index (χ4n) is 3.96. The van der Waals surface area contributed by atoms with Gasteiger partial charge in [0, 0.05) is 36.2 Å². The first kappa shape index (κ1) is 19.4. The number of ether oxygens (including phenoxy) is 2. The van der Waals surface area contributed by atoms with Crippen molar-refractivity contribution >= 4 is 21.6 Å². The number of fused-ring (bicyclic) bond motifs is 1. The van der Waals surface area contributed by atoms with Crippen LogP contribution in [0, 0.1) is 0 Å². The maximum atomic E-state index is 12.7. The molecule has 5 rings (SSSR count). The molecule has 2 aliphatic carbocycles. The predicted octanol–water partition coefficient (Wildman–Crippen LogP) is 3.81. The quantitative estimate of drug-likeness (QED) is 0.755. The summed E-state index contributed by atoms with van der Waals surface area (Å²) in [5.41, 5.74) is 0.842. The molecule has 8 heteroatoms. The van der Waals surface area contributed by atoms with Gasteiger partial charge in [-0.1, -0.05) is 12.5 Å². The third-order valence-corrected chi connectivity index (χ3v) is 7.23. The lowest BCUT2D eigenvalue weighted by molar-refractivity contribution is -0.105. The summed E-state index contributed by atoms with van der Waals surface area (Å²) in [6, 6.07) is 11.4. The van der Waals surface area contributed by atoms with Crippen molar-refractivity contribution in [3.05, 3.63) is 48.0 Å². The van der Waals surface area contributed by atoms with Crippen LogP contribution in [0.1, 0.15) is 55.3 Å². The molecule has 0 aromatic heterocycles. The van der Waals surface area contributed by atoms with E-state index in [2.05, 4.69) is 10.0 Å². The highest BCUT2D eigenvalue weighted by Crippen LogP contribution is 2.46. The Morgan fingerprint density at radius 3 is 2.50 bits per heavy atom. The first-order valence-electron chi connectivity index (χ1n) is 10.4. The van der Waals surface area contributed by atoms with Crippen LogP contribution in [0.5, 0.6) is 11.5 Å². The molecule has 3 aliphatic rings. The highest BCUT2D eigenvalue weighted by molar-refractivity contribution is 7.89. The van der Waals surface area contributed by atoms with Crippen LogP contribution in [0.3, 0.4) is 0 Å². The van der Waals surface area contributed by atoms with Crippen LogP contribution in [-0.2, 0) is 10.0 Å². The van der Waals surface area contributed by atoms with Crippen LogP contribution >= 0.6 is 0 Å². The molecule has 7 nitrogen and oxygen atoms in total. The summed E-state index contributed by atoms with van der Waals surface area (Å²) < 4.78 is 39.6. The maximum absolute atomic E-state index is 12.7. The van der Waals surface area contributed by atoms with Gasteiger partial charge in [0.15, 0.2) is 11.5 Å². The molecule has 2 aromatic carbocycles. The fraction of sp³-hybridized carbons (Fsp3) is 0.409. The van der Waals surface area contributed by atoms with Gasteiger partial charge in [0.25, 0.3) is 11.7 Å². The second kappa shape index (κ2) is 7.28. The Morgan fingerprint density at radius 2 is 1.73 bits per heavy atom. The topological polar surface area (TPSA) is 93.7 Å². The molecule has 0 bridgehead atoms. The van der Waals surface area contributed by atoms with Gasteiger partial charge in [-0.25, -0.2) is 13.1 Å². The number of benzene rings is 2. The molecule has 0 unspecified atom stereocenters. The van der Waals surface area contributed by atoms with Crippen LogP contribution in [0.25, 0.3) is 0 Å². The van der Waals surface area contributed by atoms with Gasteiger partial charge in [-0.2, -0.15) is 0 Å². The Kier molecular flexibility index (Phi) is 4.71. The molecule has 1 heterocycles. The summed E-state index contributed by atoms with van der Waals surface area (Å²) >= 11 is 0. The number of anilines is 1. The molecule has 30 heavy (non-hydrogen) atoms. The Balaban J connectivity index is 1.31. The first-order chi connectivity index (χ1) is 14.4. The predicted molar refractivity (Wildman–Crippen MR) is 111 cm³/mol. The number of sulfonamides is 1. The zero-order valence-electron chi connectivity index (χ0n) is 16.5. The van der Waals surface area contributed by atoms with Crippen LogP contribution in [0.15, 0.2) is 47.4 Å². The molecule has 0 saturated heterocycles. The van der Waals surface area contributed by atoms with Gasteiger partial charge in [-0.15, -0.1) is 0 Å². The van der Waals surface area contributed by atoms with Crippen LogP contribution in [0.4, 0.5) is 5.69 Å². The van der Waals surface area contributed by atoms with Crippen molar-refractivity contribution in [1.29, 1.82) is 0 Å². The van der Waals surface area contributed by atoms with Crippen molar-refractivity contribution in [2.24, 2.45) is 0 Å². The van der Waals surface area contributed by atoms with Gasteiger partial charge in [0.2, 0.25) is 10.0 Å². The van der Waals surface area contributed by atoms with Crippen molar-refractivity contribution in [1.82, 2.24) is 4.72 Å². The number of rotatable bonds is 5. The summed E-state index contributed by atoms with van der Waals surface area (Å²) in [4.78, 5) is 12.8. The minimum absolute atomic E-state index is 0.00794. The lowest BCUT2D eigenvalue weighted by Crippen LogP contribution is -2.40. The van der Waals surface area contributed by atoms with Gasteiger partial charge < -0.3 is 14.8 Å². The molecular weight excluding hydrogens is 404 g/mol. The molecule has 2 N–H and O–H groups in total. The van der Waals surface area contributed by atoms with E-state index in [1.807, 2.05) is 0 Å². The number of nitrogens with one attached hydrogen (secondary N) is 2. The highest BCUT2D eigenvalue weighted by Gasteiger charge is 2.42. The first-order valence-corrected chi connectivity index (χ1v) is 11.9. The van der Waals surface area contributed by atoms with E-state index in [0.29, 0.717) is 17.2 Å². The molecule has 0 radical (unpaired) electrons. The molecule has 0 atom stereocenters. The van der Waals surface area contributed by atoms with E-state index in [1.165, 1.54) is 18.6 Å². The number of carbonyl (C=O) groups is 1.